The minimum Gasteiger partial charge on any atom is -0.497 e. The van der Waals surface area contributed by atoms with Crippen LogP contribution >= 0.6 is 12.2 Å². The fraction of sp³-hybridized carbons (Fsp3) is 0.350. The van der Waals surface area contributed by atoms with E-state index in [1.165, 1.54) is 37.2 Å². The van der Waals surface area contributed by atoms with E-state index in [2.05, 4.69) is 46.7 Å². The Morgan fingerprint density at radius 1 is 1.04 bits per heavy atom. The van der Waals surface area contributed by atoms with Crippen molar-refractivity contribution in [2.24, 2.45) is 0 Å². The van der Waals surface area contributed by atoms with Gasteiger partial charge in [-0.1, -0.05) is 12.1 Å². The first-order valence-corrected chi connectivity index (χ1v) is 9.13. The van der Waals surface area contributed by atoms with Gasteiger partial charge in [-0.2, -0.15) is 0 Å². The normalized spacial score (nSPS) is 14.9. The zero-order valence-electron chi connectivity index (χ0n) is 14.8. The van der Waals surface area contributed by atoms with Crippen LogP contribution in [0.5, 0.6) is 5.75 Å². The predicted octanol–water partition coefficient (Wildman–Crippen LogP) is 4.34. The summed E-state index contributed by atoms with van der Waals surface area (Å²) in [5, 5.41) is 7.16. The molecule has 5 heteroatoms. The highest BCUT2D eigenvalue weighted by molar-refractivity contribution is 7.80. The van der Waals surface area contributed by atoms with Crippen LogP contribution in [0.25, 0.3) is 0 Å². The van der Waals surface area contributed by atoms with Crippen molar-refractivity contribution in [2.45, 2.75) is 25.8 Å². The quantitative estimate of drug-likeness (QED) is 0.780. The molecule has 2 N–H and O–H groups in total. The van der Waals surface area contributed by atoms with Gasteiger partial charge in [0.2, 0.25) is 0 Å². The summed E-state index contributed by atoms with van der Waals surface area (Å²) in [7, 11) is 1.66. The molecule has 1 aliphatic rings. The van der Waals surface area contributed by atoms with Crippen molar-refractivity contribution in [1.82, 2.24) is 5.32 Å². The highest BCUT2D eigenvalue weighted by Gasteiger charge is 2.13. The molecule has 1 saturated heterocycles. The Morgan fingerprint density at radius 2 is 1.68 bits per heavy atom. The average molecular weight is 356 g/mol. The van der Waals surface area contributed by atoms with Gasteiger partial charge in [-0.15, -0.1) is 0 Å². The molecule has 0 radical (unpaired) electrons. The Bertz CT molecular complexity index is 694. The van der Waals surface area contributed by atoms with E-state index in [0.29, 0.717) is 5.11 Å². The summed E-state index contributed by atoms with van der Waals surface area (Å²) in [6, 6.07) is 16.6. The number of hydrogen-bond acceptors (Lipinski definition) is 3. The van der Waals surface area contributed by atoms with E-state index in [1.807, 2.05) is 24.3 Å². The molecule has 0 spiro atoms. The number of nitrogens with one attached hydrogen (secondary N) is 2. The molecule has 132 valence electrons. The lowest BCUT2D eigenvalue weighted by Gasteiger charge is -2.20. The van der Waals surface area contributed by atoms with Gasteiger partial charge in [0.15, 0.2) is 5.11 Å². The van der Waals surface area contributed by atoms with Crippen molar-refractivity contribution >= 4 is 28.7 Å². The van der Waals surface area contributed by atoms with E-state index in [-0.39, 0.29) is 6.04 Å². The van der Waals surface area contributed by atoms with Crippen molar-refractivity contribution in [2.75, 3.05) is 30.4 Å². The summed E-state index contributed by atoms with van der Waals surface area (Å²) in [5.74, 6) is 0.830. The fourth-order valence-corrected chi connectivity index (χ4v) is 3.37. The maximum Gasteiger partial charge on any atom is 0.171 e. The van der Waals surface area contributed by atoms with Gasteiger partial charge in [-0.05, 0) is 73.9 Å². The van der Waals surface area contributed by atoms with E-state index in [9.17, 15) is 0 Å². The van der Waals surface area contributed by atoms with Crippen molar-refractivity contribution in [3.8, 4) is 5.75 Å². The standard InChI is InChI=1S/C20H25N3OS/c1-15(16-5-9-18(10-6-16)23-13-3-4-14-23)21-20(25)22-17-7-11-19(24-2)12-8-17/h5-12,15H,3-4,13-14H2,1-2H3,(H2,21,22,25). The average Bonchev–Trinajstić information content (AvgIpc) is 3.17. The highest BCUT2D eigenvalue weighted by atomic mass is 32.1. The first-order valence-electron chi connectivity index (χ1n) is 8.72. The smallest absolute Gasteiger partial charge is 0.171 e. The molecule has 1 fully saturated rings. The van der Waals surface area contributed by atoms with Gasteiger partial charge in [0.25, 0.3) is 0 Å². The molecule has 1 unspecified atom stereocenters. The maximum atomic E-state index is 5.42. The second-order valence-corrected chi connectivity index (χ2v) is 6.74. The third-order valence-corrected chi connectivity index (χ3v) is 4.78. The molecule has 25 heavy (non-hydrogen) atoms. The van der Waals surface area contributed by atoms with Crippen molar-refractivity contribution in [1.29, 1.82) is 0 Å². The number of benzene rings is 2. The second-order valence-electron chi connectivity index (χ2n) is 6.33. The highest BCUT2D eigenvalue weighted by Crippen LogP contribution is 2.23. The molecule has 0 bridgehead atoms. The molecule has 1 aliphatic heterocycles. The molecule has 0 saturated carbocycles. The summed E-state index contributed by atoms with van der Waals surface area (Å²) < 4.78 is 5.16. The Balaban J connectivity index is 1.55. The molecule has 1 heterocycles. The summed E-state index contributed by atoms with van der Waals surface area (Å²) in [4.78, 5) is 2.44. The van der Waals surface area contributed by atoms with Crippen LogP contribution in [0, 0.1) is 0 Å². The molecule has 1 atom stereocenters. The minimum absolute atomic E-state index is 0.144. The van der Waals surface area contributed by atoms with Gasteiger partial charge in [0.1, 0.15) is 5.75 Å². The molecule has 2 aromatic rings. The lowest BCUT2D eigenvalue weighted by Crippen LogP contribution is -2.30. The number of thiocarbonyl (C=S) groups is 1. The monoisotopic (exact) mass is 355 g/mol. The Kier molecular flexibility index (Phi) is 5.76. The Hall–Kier alpha value is -2.27. The van der Waals surface area contributed by atoms with Crippen LogP contribution < -0.4 is 20.3 Å². The molecular formula is C20H25N3OS. The van der Waals surface area contributed by atoms with Gasteiger partial charge in [0, 0.05) is 24.5 Å². The number of hydrogen-bond donors (Lipinski definition) is 2. The Labute approximate surface area is 155 Å². The predicted molar refractivity (Wildman–Crippen MR) is 109 cm³/mol. The van der Waals surface area contributed by atoms with Crippen molar-refractivity contribution in [3.63, 3.8) is 0 Å². The van der Waals surface area contributed by atoms with Crippen LogP contribution in [0.3, 0.4) is 0 Å². The van der Waals surface area contributed by atoms with Crippen molar-refractivity contribution in [3.05, 3.63) is 54.1 Å². The zero-order chi connectivity index (χ0) is 17.6. The van der Waals surface area contributed by atoms with Crippen LogP contribution in [-0.2, 0) is 0 Å². The van der Waals surface area contributed by atoms with E-state index in [1.54, 1.807) is 7.11 Å². The molecule has 0 aliphatic carbocycles. The number of anilines is 2. The van der Waals surface area contributed by atoms with Gasteiger partial charge >= 0.3 is 0 Å². The number of rotatable bonds is 5. The first kappa shape index (κ1) is 17.5. The summed E-state index contributed by atoms with van der Waals surface area (Å²) in [6.07, 6.45) is 2.59. The first-order chi connectivity index (χ1) is 12.2. The van der Waals surface area contributed by atoms with Gasteiger partial charge in [-0.3, -0.25) is 0 Å². The summed E-state index contributed by atoms with van der Waals surface area (Å²) in [5.41, 5.74) is 3.48. The maximum absolute atomic E-state index is 5.42. The van der Waals surface area contributed by atoms with Crippen molar-refractivity contribution < 1.29 is 4.74 Å². The number of ether oxygens (including phenoxy) is 1. The van der Waals surface area contributed by atoms with Crippen LogP contribution in [0.2, 0.25) is 0 Å². The van der Waals surface area contributed by atoms with E-state index < -0.39 is 0 Å². The molecule has 4 nitrogen and oxygen atoms in total. The van der Waals surface area contributed by atoms with Crippen LogP contribution in [-0.4, -0.2) is 25.3 Å². The lowest BCUT2D eigenvalue weighted by atomic mass is 10.1. The Morgan fingerprint density at radius 3 is 2.28 bits per heavy atom. The van der Waals surface area contributed by atoms with E-state index in [0.717, 1.165) is 11.4 Å². The van der Waals surface area contributed by atoms with E-state index in [4.69, 9.17) is 17.0 Å². The fourth-order valence-electron chi connectivity index (χ4n) is 3.07. The van der Waals surface area contributed by atoms with Gasteiger partial charge in [0.05, 0.1) is 13.2 Å². The molecular weight excluding hydrogens is 330 g/mol. The minimum atomic E-state index is 0.144. The molecule has 0 amide bonds. The number of nitrogens with zero attached hydrogens (tertiary/aromatic N) is 1. The van der Waals surface area contributed by atoms with E-state index >= 15 is 0 Å². The molecule has 3 rings (SSSR count). The lowest BCUT2D eigenvalue weighted by molar-refractivity contribution is 0.415. The topological polar surface area (TPSA) is 36.5 Å². The van der Waals surface area contributed by atoms with Crippen LogP contribution in [0.4, 0.5) is 11.4 Å². The summed E-state index contributed by atoms with van der Waals surface area (Å²) in [6.45, 7) is 4.46. The largest absolute Gasteiger partial charge is 0.497 e. The number of methoxy groups -OCH3 is 1. The zero-order valence-corrected chi connectivity index (χ0v) is 15.6. The summed E-state index contributed by atoms with van der Waals surface area (Å²) >= 11 is 5.42. The SMILES string of the molecule is COc1ccc(NC(=S)NC(C)c2ccc(N3CCCC3)cc2)cc1. The second kappa shape index (κ2) is 8.21. The van der Waals surface area contributed by atoms with Gasteiger partial charge < -0.3 is 20.3 Å². The third-order valence-electron chi connectivity index (χ3n) is 4.56. The third kappa shape index (κ3) is 4.63. The molecule has 2 aromatic carbocycles. The van der Waals surface area contributed by atoms with Crippen LogP contribution in [0.1, 0.15) is 31.4 Å². The van der Waals surface area contributed by atoms with Crippen LogP contribution in [0.15, 0.2) is 48.5 Å². The molecule has 0 aromatic heterocycles. The van der Waals surface area contributed by atoms with Gasteiger partial charge in [-0.25, -0.2) is 0 Å².